The number of nitrogens with zero attached hydrogens (tertiary/aromatic N) is 1. The minimum Gasteiger partial charge on any atom is -0.495 e. The fraction of sp³-hybridized carbons (Fsp3) is 0.136. The standard InChI is InChI=1S/C22H21ClN2O4S2/c1-29-20-13-12-16(23)14-19(20)25(31(2,27)28)15-22(26)24-18-10-6-7-11-21(18)30-17-8-4-3-5-9-17/h3-14H,15H2,1-2H3,(H,24,26). The van der Waals surface area contributed by atoms with Crippen molar-refractivity contribution >= 4 is 50.7 Å². The fourth-order valence-corrected chi connectivity index (χ4v) is 4.77. The molecular weight excluding hydrogens is 456 g/mol. The van der Waals surface area contributed by atoms with Crippen LogP contribution in [0.4, 0.5) is 11.4 Å². The van der Waals surface area contributed by atoms with Crippen molar-refractivity contribution in [1.82, 2.24) is 0 Å². The van der Waals surface area contributed by atoms with Crippen LogP contribution in [-0.2, 0) is 14.8 Å². The van der Waals surface area contributed by atoms with Gasteiger partial charge in [-0.3, -0.25) is 9.10 Å². The summed E-state index contributed by atoms with van der Waals surface area (Å²) in [6, 6.07) is 21.7. The van der Waals surface area contributed by atoms with Gasteiger partial charge in [-0.2, -0.15) is 0 Å². The Labute approximate surface area is 191 Å². The SMILES string of the molecule is COc1ccc(Cl)cc1N(CC(=O)Nc1ccccc1Sc1ccccc1)S(C)(=O)=O. The van der Waals surface area contributed by atoms with Crippen LogP contribution in [0.5, 0.6) is 5.75 Å². The number of methoxy groups -OCH3 is 1. The van der Waals surface area contributed by atoms with Crippen LogP contribution in [0.1, 0.15) is 0 Å². The summed E-state index contributed by atoms with van der Waals surface area (Å²) in [5, 5.41) is 3.14. The molecule has 0 heterocycles. The summed E-state index contributed by atoms with van der Waals surface area (Å²) >= 11 is 7.55. The zero-order valence-electron chi connectivity index (χ0n) is 16.9. The van der Waals surface area contributed by atoms with Crippen LogP contribution < -0.4 is 14.4 Å². The number of hydrogen-bond donors (Lipinski definition) is 1. The number of carbonyl (C=O) groups excluding carboxylic acids is 1. The molecule has 6 nitrogen and oxygen atoms in total. The van der Waals surface area contributed by atoms with Gasteiger partial charge < -0.3 is 10.1 Å². The quantitative estimate of drug-likeness (QED) is 0.500. The molecular formula is C22H21ClN2O4S2. The van der Waals surface area contributed by atoms with Gasteiger partial charge in [0, 0.05) is 14.8 Å². The first-order valence-corrected chi connectivity index (χ1v) is 12.3. The van der Waals surface area contributed by atoms with Gasteiger partial charge >= 0.3 is 0 Å². The van der Waals surface area contributed by atoms with Crippen molar-refractivity contribution in [3.8, 4) is 5.75 Å². The highest BCUT2D eigenvalue weighted by molar-refractivity contribution is 7.99. The number of benzene rings is 3. The average Bonchev–Trinajstić information content (AvgIpc) is 2.73. The maximum absolute atomic E-state index is 12.8. The molecule has 0 unspecified atom stereocenters. The molecule has 0 radical (unpaired) electrons. The van der Waals surface area contributed by atoms with Crippen LogP contribution in [0.25, 0.3) is 0 Å². The Bertz CT molecular complexity index is 1170. The number of rotatable bonds is 8. The van der Waals surface area contributed by atoms with Gasteiger partial charge in [-0.05, 0) is 42.5 Å². The molecule has 3 aromatic rings. The first kappa shape index (κ1) is 23.0. The Balaban J connectivity index is 1.84. The molecule has 31 heavy (non-hydrogen) atoms. The second-order valence-electron chi connectivity index (χ2n) is 6.55. The molecule has 0 spiro atoms. The van der Waals surface area contributed by atoms with Crippen LogP contribution in [-0.4, -0.2) is 34.2 Å². The van der Waals surface area contributed by atoms with Gasteiger partial charge in [-0.15, -0.1) is 0 Å². The van der Waals surface area contributed by atoms with E-state index >= 15 is 0 Å². The molecule has 9 heteroatoms. The van der Waals surface area contributed by atoms with Gasteiger partial charge in [0.15, 0.2) is 0 Å². The molecule has 0 aliphatic carbocycles. The van der Waals surface area contributed by atoms with E-state index in [0.29, 0.717) is 16.5 Å². The largest absolute Gasteiger partial charge is 0.495 e. The molecule has 0 aromatic heterocycles. The lowest BCUT2D eigenvalue weighted by molar-refractivity contribution is -0.114. The summed E-state index contributed by atoms with van der Waals surface area (Å²) in [4.78, 5) is 14.7. The Morgan fingerprint density at radius 3 is 2.42 bits per heavy atom. The molecule has 0 aliphatic heterocycles. The number of sulfonamides is 1. The van der Waals surface area contributed by atoms with E-state index in [9.17, 15) is 13.2 Å². The monoisotopic (exact) mass is 476 g/mol. The van der Waals surface area contributed by atoms with E-state index in [-0.39, 0.29) is 5.69 Å². The molecule has 0 saturated heterocycles. The number of anilines is 2. The second kappa shape index (κ2) is 10.1. The maximum Gasteiger partial charge on any atom is 0.245 e. The fourth-order valence-electron chi connectivity index (χ4n) is 2.83. The molecule has 0 aliphatic rings. The van der Waals surface area contributed by atoms with Gasteiger partial charge in [0.05, 0.1) is 24.7 Å². The van der Waals surface area contributed by atoms with Crippen LogP contribution in [0.2, 0.25) is 5.02 Å². The lowest BCUT2D eigenvalue weighted by Gasteiger charge is -2.24. The zero-order chi connectivity index (χ0) is 22.4. The third-order valence-corrected chi connectivity index (χ3v) is 6.67. The van der Waals surface area contributed by atoms with E-state index in [1.807, 2.05) is 42.5 Å². The molecule has 0 atom stereocenters. The molecule has 1 amide bonds. The molecule has 162 valence electrons. The lowest BCUT2D eigenvalue weighted by atomic mass is 10.3. The zero-order valence-corrected chi connectivity index (χ0v) is 19.3. The van der Waals surface area contributed by atoms with Crippen LogP contribution >= 0.6 is 23.4 Å². The molecule has 0 bridgehead atoms. The van der Waals surface area contributed by atoms with E-state index in [1.165, 1.54) is 24.9 Å². The van der Waals surface area contributed by atoms with E-state index in [1.54, 1.807) is 24.3 Å². The third kappa shape index (κ3) is 6.16. The van der Waals surface area contributed by atoms with Gasteiger partial charge in [-0.25, -0.2) is 8.42 Å². The van der Waals surface area contributed by atoms with Gasteiger partial charge in [0.1, 0.15) is 12.3 Å². The van der Waals surface area contributed by atoms with Crippen LogP contribution in [0.3, 0.4) is 0 Å². The molecule has 3 rings (SSSR count). The number of nitrogens with one attached hydrogen (secondary N) is 1. The van der Waals surface area contributed by atoms with Crippen molar-refractivity contribution in [3.63, 3.8) is 0 Å². The minimum absolute atomic E-state index is 0.194. The Kier molecular flexibility index (Phi) is 7.48. The molecule has 3 aromatic carbocycles. The first-order valence-electron chi connectivity index (χ1n) is 9.21. The Hall–Kier alpha value is -2.68. The summed E-state index contributed by atoms with van der Waals surface area (Å²) in [6.07, 6.45) is 1.03. The van der Waals surface area contributed by atoms with Gasteiger partial charge in [0.2, 0.25) is 15.9 Å². The summed E-state index contributed by atoms with van der Waals surface area (Å²) in [7, 11) is -2.36. The summed E-state index contributed by atoms with van der Waals surface area (Å²) < 4.78 is 31.1. The van der Waals surface area contributed by atoms with Gasteiger partial charge in [0.25, 0.3) is 0 Å². The Morgan fingerprint density at radius 2 is 1.74 bits per heavy atom. The van der Waals surface area contributed by atoms with E-state index < -0.39 is 22.5 Å². The van der Waals surface area contributed by atoms with Crippen molar-refractivity contribution in [2.24, 2.45) is 0 Å². The maximum atomic E-state index is 12.8. The molecule has 0 saturated carbocycles. The first-order chi connectivity index (χ1) is 14.8. The highest BCUT2D eigenvalue weighted by Gasteiger charge is 2.24. The molecule has 0 fully saturated rings. The minimum atomic E-state index is -3.78. The van der Waals surface area contributed by atoms with E-state index in [4.69, 9.17) is 16.3 Å². The smallest absolute Gasteiger partial charge is 0.245 e. The number of carbonyl (C=O) groups is 1. The van der Waals surface area contributed by atoms with E-state index in [0.717, 1.165) is 20.4 Å². The summed E-state index contributed by atoms with van der Waals surface area (Å²) in [6.45, 7) is -0.431. The lowest BCUT2D eigenvalue weighted by Crippen LogP contribution is -2.37. The number of amides is 1. The number of para-hydroxylation sites is 1. The number of hydrogen-bond acceptors (Lipinski definition) is 5. The topological polar surface area (TPSA) is 75.7 Å². The highest BCUT2D eigenvalue weighted by Crippen LogP contribution is 2.34. The van der Waals surface area contributed by atoms with Gasteiger partial charge in [-0.1, -0.05) is 53.7 Å². The predicted octanol–water partition coefficient (Wildman–Crippen LogP) is 4.90. The molecule has 1 N–H and O–H groups in total. The normalized spacial score (nSPS) is 11.1. The number of ether oxygens (including phenoxy) is 1. The van der Waals surface area contributed by atoms with E-state index in [2.05, 4.69) is 5.32 Å². The summed E-state index contributed by atoms with van der Waals surface area (Å²) in [5.74, 6) is -0.198. The summed E-state index contributed by atoms with van der Waals surface area (Å²) in [5.41, 5.74) is 0.785. The second-order valence-corrected chi connectivity index (χ2v) is 10.0. The van der Waals surface area contributed by atoms with Crippen LogP contribution in [0, 0.1) is 0 Å². The van der Waals surface area contributed by atoms with Crippen molar-refractivity contribution < 1.29 is 17.9 Å². The van der Waals surface area contributed by atoms with Crippen molar-refractivity contribution in [1.29, 1.82) is 0 Å². The Morgan fingerprint density at radius 1 is 1.06 bits per heavy atom. The number of halogens is 1. The predicted molar refractivity (Wildman–Crippen MR) is 126 cm³/mol. The highest BCUT2D eigenvalue weighted by atomic mass is 35.5. The van der Waals surface area contributed by atoms with Crippen molar-refractivity contribution in [2.45, 2.75) is 9.79 Å². The average molecular weight is 477 g/mol. The van der Waals surface area contributed by atoms with Crippen LogP contribution in [0.15, 0.2) is 82.6 Å². The van der Waals surface area contributed by atoms with Crippen molar-refractivity contribution in [2.75, 3.05) is 29.5 Å². The van der Waals surface area contributed by atoms with Crippen molar-refractivity contribution in [3.05, 3.63) is 77.8 Å². The third-order valence-electron chi connectivity index (χ3n) is 4.23.